The van der Waals surface area contributed by atoms with Gasteiger partial charge in [0.15, 0.2) is 0 Å². The molecule has 1 fully saturated rings. The van der Waals surface area contributed by atoms with Crippen molar-refractivity contribution in [3.05, 3.63) is 42.5 Å². The van der Waals surface area contributed by atoms with E-state index in [1.807, 2.05) is 7.05 Å². The molecule has 0 atom stereocenters. The van der Waals surface area contributed by atoms with E-state index < -0.39 is 0 Å². The molecule has 1 aromatic rings. The summed E-state index contributed by atoms with van der Waals surface area (Å²) in [5, 5.41) is 0. The van der Waals surface area contributed by atoms with Crippen LogP contribution in [-0.4, -0.2) is 50.4 Å². The van der Waals surface area contributed by atoms with E-state index in [9.17, 15) is 0 Å². The third-order valence-electron chi connectivity index (χ3n) is 4.80. The number of unbranched alkanes of at least 4 members (excludes halogenated alkanes) is 3. The first-order chi connectivity index (χ1) is 11.8. The molecule has 0 saturated carbocycles. The monoisotopic (exact) mass is 327 g/mol. The SMILES string of the molecule is C/C=C\C(CCCCCCN1CCN(c2ccccc2)CC1)=NC. The standard InChI is InChI=1S/C21H33N3/c1-3-11-20(22-2)12-7-4-5-10-15-23-16-18-24(19-17-23)21-13-8-6-9-14-21/h3,6,8-9,11,13-14H,4-5,7,10,12,15-19H2,1-2H3/b11-3-,22-20?. The summed E-state index contributed by atoms with van der Waals surface area (Å²) in [5.74, 6) is 0. The number of aliphatic imine (C=N–C) groups is 1. The zero-order chi connectivity index (χ0) is 17.0. The Morgan fingerprint density at radius 1 is 1.00 bits per heavy atom. The van der Waals surface area contributed by atoms with Crippen LogP contribution in [0, 0.1) is 0 Å². The summed E-state index contributed by atoms with van der Waals surface area (Å²) in [6.07, 6.45) is 10.6. The van der Waals surface area contributed by atoms with Crippen molar-refractivity contribution in [1.29, 1.82) is 0 Å². The Bertz CT molecular complexity index is 499. The molecule has 1 aliphatic heterocycles. The molecule has 132 valence electrons. The van der Waals surface area contributed by atoms with Gasteiger partial charge in [-0.05, 0) is 50.9 Å². The number of anilines is 1. The predicted molar refractivity (Wildman–Crippen MR) is 106 cm³/mol. The lowest BCUT2D eigenvalue weighted by Crippen LogP contribution is -2.46. The van der Waals surface area contributed by atoms with E-state index in [1.54, 1.807) is 0 Å². The summed E-state index contributed by atoms with van der Waals surface area (Å²) in [5.41, 5.74) is 2.60. The van der Waals surface area contributed by atoms with Crippen molar-refractivity contribution in [2.24, 2.45) is 4.99 Å². The first-order valence-electron chi connectivity index (χ1n) is 9.44. The lowest BCUT2D eigenvalue weighted by atomic mass is 10.1. The average molecular weight is 328 g/mol. The van der Waals surface area contributed by atoms with Gasteiger partial charge in [0, 0.05) is 44.6 Å². The van der Waals surface area contributed by atoms with Crippen LogP contribution in [0.25, 0.3) is 0 Å². The fourth-order valence-electron chi connectivity index (χ4n) is 3.33. The molecular weight excluding hydrogens is 294 g/mol. The minimum Gasteiger partial charge on any atom is -0.369 e. The quantitative estimate of drug-likeness (QED) is 0.494. The van der Waals surface area contributed by atoms with E-state index >= 15 is 0 Å². The van der Waals surface area contributed by atoms with E-state index in [4.69, 9.17) is 0 Å². The average Bonchev–Trinajstić information content (AvgIpc) is 2.65. The van der Waals surface area contributed by atoms with E-state index in [1.165, 1.54) is 56.7 Å². The van der Waals surface area contributed by atoms with Crippen LogP contribution in [0.15, 0.2) is 47.5 Å². The molecule has 0 aliphatic carbocycles. The van der Waals surface area contributed by atoms with Crippen molar-refractivity contribution >= 4 is 11.4 Å². The van der Waals surface area contributed by atoms with Gasteiger partial charge >= 0.3 is 0 Å². The van der Waals surface area contributed by atoms with Crippen molar-refractivity contribution in [2.45, 2.75) is 39.0 Å². The van der Waals surface area contributed by atoms with Crippen molar-refractivity contribution < 1.29 is 0 Å². The van der Waals surface area contributed by atoms with Crippen LogP contribution >= 0.6 is 0 Å². The maximum atomic E-state index is 4.32. The zero-order valence-corrected chi connectivity index (χ0v) is 15.5. The summed E-state index contributed by atoms with van der Waals surface area (Å²) in [6, 6.07) is 10.8. The van der Waals surface area contributed by atoms with E-state index in [2.05, 4.69) is 64.2 Å². The number of benzene rings is 1. The fraction of sp³-hybridized carbons (Fsp3) is 0.571. The normalized spacial score (nSPS) is 16.9. The van der Waals surface area contributed by atoms with Gasteiger partial charge in [-0.25, -0.2) is 0 Å². The van der Waals surface area contributed by atoms with Crippen molar-refractivity contribution in [2.75, 3.05) is 44.7 Å². The summed E-state index contributed by atoms with van der Waals surface area (Å²) < 4.78 is 0. The Balaban J connectivity index is 1.54. The predicted octanol–water partition coefficient (Wildman–Crippen LogP) is 4.41. The molecular formula is C21H33N3. The Kier molecular flexibility index (Phi) is 8.61. The van der Waals surface area contributed by atoms with E-state index in [0.29, 0.717) is 0 Å². The van der Waals surface area contributed by atoms with E-state index in [-0.39, 0.29) is 0 Å². The second kappa shape index (κ2) is 11.0. The highest BCUT2D eigenvalue weighted by atomic mass is 15.3. The van der Waals surface area contributed by atoms with Crippen LogP contribution in [0.2, 0.25) is 0 Å². The van der Waals surface area contributed by atoms with Crippen LogP contribution in [0.1, 0.15) is 39.0 Å². The molecule has 0 radical (unpaired) electrons. The van der Waals surface area contributed by atoms with Gasteiger partial charge in [0.25, 0.3) is 0 Å². The summed E-state index contributed by atoms with van der Waals surface area (Å²) in [4.78, 5) is 9.44. The van der Waals surface area contributed by atoms with Gasteiger partial charge in [-0.3, -0.25) is 9.89 Å². The van der Waals surface area contributed by atoms with E-state index in [0.717, 1.165) is 19.5 Å². The topological polar surface area (TPSA) is 18.8 Å². The van der Waals surface area contributed by atoms with Gasteiger partial charge in [0.05, 0.1) is 0 Å². The second-order valence-corrected chi connectivity index (χ2v) is 6.54. The Morgan fingerprint density at radius 3 is 2.38 bits per heavy atom. The van der Waals surface area contributed by atoms with Gasteiger partial charge in [-0.15, -0.1) is 0 Å². The van der Waals surface area contributed by atoms with Gasteiger partial charge < -0.3 is 4.90 Å². The molecule has 1 heterocycles. The molecule has 0 amide bonds. The van der Waals surface area contributed by atoms with Gasteiger partial charge in [-0.1, -0.05) is 37.1 Å². The molecule has 1 saturated heterocycles. The van der Waals surface area contributed by atoms with Crippen molar-refractivity contribution in [3.63, 3.8) is 0 Å². The lowest BCUT2D eigenvalue weighted by molar-refractivity contribution is 0.252. The van der Waals surface area contributed by atoms with Crippen LogP contribution < -0.4 is 4.90 Å². The summed E-state index contributed by atoms with van der Waals surface area (Å²) in [6.45, 7) is 8.02. The van der Waals surface area contributed by atoms with Crippen LogP contribution in [0.5, 0.6) is 0 Å². The smallest absolute Gasteiger partial charge is 0.0367 e. The maximum absolute atomic E-state index is 4.32. The van der Waals surface area contributed by atoms with Crippen LogP contribution in [-0.2, 0) is 0 Å². The molecule has 0 aromatic heterocycles. The molecule has 24 heavy (non-hydrogen) atoms. The molecule has 0 unspecified atom stereocenters. The largest absolute Gasteiger partial charge is 0.369 e. The van der Waals surface area contributed by atoms with Crippen LogP contribution in [0.3, 0.4) is 0 Å². The lowest BCUT2D eigenvalue weighted by Gasteiger charge is -2.36. The van der Waals surface area contributed by atoms with Crippen LogP contribution in [0.4, 0.5) is 5.69 Å². The molecule has 1 aromatic carbocycles. The van der Waals surface area contributed by atoms with Gasteiger partial charge in [-0.2, -0.15) is 0 Å². The minimum atomic E-state index is 1.12. The third kappa shape index (κ3) is 6.48. The minimum absolute atomic E-state index is 1.12. The maximum Gasteiger partial charge on any atom is 0.0367 e. The number of piperazine rings is 1. The Morgan fingerprint density at radius 2 is 1.71 bits per heavy atom. The third-order valence-corrected chi connectivity index (χ3v) is 4.80. The number of allylic oxidation sites excluding steroid dienone is 2. The second-order valence-electron chi connectivity index (χ2n) is 6.54. The molecule has 3 nitrogen and oxygen atoms in total. The number of hydrogen-bond acceptors (Lipinski definition) is 3. The molecule has 2 rings (SSSR count). The zero-order valence-electron chi connectivity index (χ0n) is 15.5. The molecule has 0 bridgehead atoms. The van der Waals surface area contributed by atoms with Gasteiger partial charge in [0.1, 0.15) is 0 Å². The molecule has 3 heteroatoms. The number of nitrogens with zero attached hydrogens (tertiary/aromatic N) is 3. The first kappa shape index (κ1) is 18.7. The van der Waals surface area contributed by atoms with Crippen molar-refractivity contribution in [3.8, 4) is 0 Å². The molecule has 1 aliphatic rings. The highest BCUT2D eigenvalue weighted by Gasteiger charge is 2.16. The Hall–Kier alpha value is -1.61. The van der Waals surface area contributed by atoms with Crippen molar-refractivity contribution in [1.82, 2.24) is 4.90 Å². The highest BCUT2D eigenvalue weighted by molar-refractivity contribution is 5.94. The number of rotatable bonds is 9. The fourth-order valence-corrected chi connectivity index (χ4v) is 3.33. The molecule has 0 N–H and O–H groups in total. The summed E-state index contributed by atoms with van der Waals surface area (Å²) >= 11 is 0. The summed E-state index contributed by atoms with van der Waals surface area (Å²) in [7, 11) is 1.89. The highest BCUT2D eigenvalue weighted by Crippen LogP contribution is 2.16. The first-order valence-corrected chi connectivity index (χ1v) is 9.44. The van der Waals surface area contributed by atoms with Gasteiger partial charge in [0.2, 0.25) is 0 Å². The Labute approximate surface area is 148 Å². The molecule has 0 spiro atoms. The number of para-hydroxylation sites is 1. The number of hydrogen-bond donors (Lipinski definition) is 0.